The van der Waals surface area contributed by atoms with Gasteiger partial charge in [0.15, 0.2) is 10.9 Å². The van der Waals surface area contributed by atoms with Crippen LogP contribution in [0, 0.1) is 18.3 Å². The van der Waals surface area contributed by atoms with Crippen LogP contribution in [0.15, 0.2) is 22.8 Å². The van der Waals surface area contributed by atoms with E-state index in [1.54, 1.807) is 19.1 Å². The molecule has 0 amide bonds. The first-order chi connectivity index (χ1) is 7.22. The number of nitrogens with zero attached hydrogens (tertiary/aromatic N) is 3. The molecule has 15 heavy (non-hydrogen) atoms. The van der Waals surface area contributed by atoms with Crippen molar-refractivity contribution < 1.29 is 4.42 Å². The highest BCUT2D eigenvalue weighted by Gasteiger charge is 2.14. The standard InChI is InChI=1S/C10H6ClN3O/c1-6-13-9(8-3-2-4-15-8)7(5-12)10(11)14-6/h2-4H,1H3. The zero-order valence-corrected chi connectivity index (χ0v) is 8.62. The Bertz CT molecular complexity index is 528. The molecule has 0 saturated heterocycles. The predicted molar refractivity (Wildman–Crippen MR) is 54.2 cm³/mol. The van der Waals surface area contributed by atoms with Crippen LogP contribution in [0.5, 0.6) is 0 Å². The summed E-state index contributed by atoms with van der Waals surface area (Å²) in [6, 6.07) is 5.41. The van der Waals surface area contributed by atoms with Gasteiger partial charge in [-0.05, 0) is 19.1 Å². The third kappa shape index (κ3) is 1.69. The fourth-order valence-electron chi connectivity index (χ4n) is 1.23. The first-order valence-corrected chi connectivity index (χ1v) is 4.58. The quantitative estimate of drug-likeness (QED) is 0.692. The number of hydrogen-bond donors (Lipinski definition) is 0. The van der Waals surface area contributed by atoms with Crippen molar-refractivity contribution in [2.45, 2.75) is 6.92 Å². The minimum absolute atomic E-state index is 0.149. The van der Waals surface area contributed by atoms with E-state index in [-0.39, 0.29) is 10.7 Å². The summed E-state index contributed by atoms with van der Waals surface area (Å²) in [6.07, 6.45) is 1.52. The smallest absolute Gasteiger partial charge is 0.153 e. The van der Waals surface area contributed by atoms with Crippen LogP contribution in [0.4, 0.5) is 0 Å². The van der Waals surface area contributed by atoms with Crippen LogP contribution in [0.2, 0.25) is 5.15 Å². The van der Waals surface area contributed by atoms with Crippen molar-refractivity contribution in [2.24, 2.45) is 0 Å². The maximum Gasteiger partial charge on any atom is 0.153 e. The van der Waals surface area contributed by atoms with Gasteiger partial charge in [0, 0.05) is 0 Å². The van der Waals surface area contributed by atoms with E-state index in [2.05, 4.69) is 9.97 Å². The maximum atomic E-state index is 8.93. The zero-order valence-electron chi connectivity index (χ0n) is 7.86. The second-order valence-electron chi connectivity index (χ2n) is 2.87. The number of nitriles is 1. The fraction of sp³-hybridized carbons (Fsp3) is 0.100. The van der Waals surface area contributed by atoms with E-state index < -0.39 is 0 Å². The van der Waals surface area contributed by atoms with Crippen LogP contribution in [-0.2, 0) is 0 Å². The summed E-state index contributed by atoms with van der Waals surface area (Å²) in [5.41, 5.74) is 0.664. The molecule has 5 heteroatoms. The van der Waals surface area contributed by atoms with Gasteiger partial charge in [-0.25, -0.2) is 9.97 Å². The van der Waals surface area contributed by atoms with Crippen molar-refractivity contribution in [3.63, 3.8) is 0 Å². The molecule has 74 valence electrons. The summed E-state index contributed by atoms with van der Waals surface area (Å²) in [5, 5.41) is 9.08. The van der Waals surface area contributed by atoms with Gasteiger partial charge in [-0.3, -0.25) is 0 Å². The second kappa shape index (κ2) is 3.71. The SMILES string of the molecule is Cc1nc(Cl)c(C#N)c(-c2ccco2)n1. The van der Waals surface area contributed by atoms with Crippen LogP contribution < -0.4 is 0 Å². The van der Waals surface area contributed by atoms with Gasteiger partial charge >= 0.3 is 0 Å². The zero-order chi connectivity index (χ0) is 10.8. The van der Waals surface area contributed by atoms with Crippen molar-refractivity contribution in [2.75, 3.05) is 0 Å². The van der Waals surface area contributed by atoms with E-state index in [4.69, 9.17) is 21.3 Å². The minimum Gasteiger partial charge on any atom is -0.463 e. The number of halogens is 1. The van der Waals surface area contributed by atoms with Gasteiger partial charge in [0.25, 0.3) is 0 Å². The lowest BCUT2D eigenvalue weighted by atomic mass is 10.2. The Morgan fingerprint density at radius 3 is 2.87 bits per heavy atom. The molecule has 4 nitrogen and oxygen atoms in total. The normalized spacial score (nSPS) is 9.93. The van der Waals surface area contributed by atoms with E-state index >= 15 is 0 Å². The first kappa shape index (κ1) is 9.69. The lowest BCUT2D eigenvalue weighted by Crippen LogP contribution is -1.96. The highest BCUT2D eigenvalue weighted by atomic mass is 35.5. The largest absolute Gasteiger partial charge is 0.463 e. The van der Waals surface area contributed by atoms with Gasteiger partial charge in [0.05, 0.1) is 6.26 Å². The van der Waals surface area contributed by atoms with Crippen LogP contribution in [-0.4, -0.2) is 9.97 Å². The van der Waals surface area contributed by atoms with Crippen molar-refractivity contribution in [3.05, 3.63) is 34.9 Å². The summed E-state index contributed by atoms with van der Waals surface area (Å²) >= 11 is 5.84. The molecule has 0 saturated carbocycles. The molecule has 0 aliphatic heterocycles. The van der Waals surface area contributed by atoms with Crippen LogP contribution in [0.1, 0.15) is 11.4 Å². The summed E-state index contributed by atoms with van der Waals surface area (Å²) < 4.78 is 5.17. The average molecular weight is 220 g/mol. The average Bonchev–Trinajstić information content (AvgIpc) is 2.69. The summed E-state index contributed by atoms with van der Waals surface area (Å²) in [5.74, 6) is 1.02. The van der Waals surface area contributed by atoms with Crippen molar-refractivity contribution in [1.29, 1.82) is 5.26 Å². The third-order valence-electron chi connectivity index (χ3n) is 1.84. The predicted octanol–water partition coefficient (Wildman–Crippen LogP) is 2.57. The topological polar surface area (TPSA) is 62.7 Å². The Kier molecular flexibility index (Phi) is 2.40. The monoisotopic (exact) mass is 219 g/mol. The maximum absolute atomic E-state index is 8.93. The van der Waals surface area contributed by atoms with E-state index in [1.165, 1.54) is 6.26 Å². The highest BCUT2D eigenvalue weighted by Crippen LogP contribution is 2.25. The molecule has 0 aliphatic rings. The van der Waals surface area contributed by atoms with Gasteiger partial charge < -0.3 is 4.42 Å². The Morgan fingerprint density at radius 2 is 2.27 bits per heavy atom. The molecule has 0 spiro atoms. The molecule has 0 fully saturated rings. The van der Waals surface area contributed by atoms with E-state index in [0.29, 0.717) is 17.3 Å². The Labute approximate surface area is 91.1 Å². The molecular weight excluding hydrogens is 214 g/mol. The lowest BCUT2D eigenvalue weighted by Gasteiger charge is -2.02. The molecule has 0 unspecified atom stereocenters. The second-order valence-corrected chi connectivity index (χ2v) is 3.23. The number of furan rings is 1. The lowest BCUT2D eigenvalue weighted by molar-refractivity contribution is 0.579. The number of hydrogen-bond acceptors (Lipinski definition) is 4. The molecule has 0 atom stereocenters. The molecule has 0 aliphatic carbocycles. The van der Waals surface area contributed by atoms with Crippen LogP contribution >= 0.6 is 11.6 Å². The third-order valence-corrected chi connectivity index (χ3v) is 2.12. The van der Waals surface area contributed by atoms with E-state index in [0.717, 1.165) is 0 Å². The van der Waals surface area contributed by atoms with Crippen molar-refractivity contribution >= 4 is 11.6 Å². The molecular formula is C10H6ClN3O. The highest BCUT2D eigenvalue weighted by molar-refractivity contribution is 6.30. The Balaban J connectivity index is 2.71. The minimum atomic E-state index is 0.149. The fourth-order valence-corrected chi connectivity index (χ4v) is 1.48. The molecule has 2 aromatic rings. The van der Waals surface area contributed by atoms with Gasteiger partial charge in [-0.2, -0.15) is 5.26 Å². The first-order valence-electron chi connectivity index (χ1n) is 4.20. The molecule has 0 aromatic carbocycles. The van der Waals surface area contributed by atoms with Crippen LogP contribution in [0.25, 0.3) is 11.5 Å². The van der Waals surface area contributed by atoms with E-state index in [1.807, 2.05) is 6.07 Å². The molecule has 2 rings (SSSR count). The van der Waals surface area contributed by atoms with Crippen molar-refractivity contribution in [1.82, 2.24) is 9.97 Å². The molecule has 2 aromatic heterocycles. The molecule has 0 N–H and O–H groups in total. The summed E-state index contributed by atoms with van der Waals surface area (Å²) in [6.45, 7) is 1.71. The van der Waals surface area contributed by atoms with Gasteiger partial charge in [0.1, 0.15) is 23.2 Å². The van der Waals surface area contributed by atoms with Gasteiger partial charge in [0.2, 0.25) is 0 Å². The molecule has 0 radical (unpaired) electrons. The molecule has 0 bridgehead atoms. The van der Waals surface area contributed by atoms with Crippen LogP contribution in [0.3, 0.4) is 0 Å². The van der Waals surface area contributed by atoms with Gasteiger partial charge in [-0.1, -0.05) is 11.6 Å². The van der Waals surface area contributed by atoms with Gasteiger partial charge in [-0.15, -0.1) is 0 Å². The summed E-state index contributed by atoms with van der Waals surface area (Å²) in [4.78, 5) is 8.04. The number of aryl methyl sites for hydroxylation is 1. The number of rotatable bonds is 1. The summed E-state index contributed by atoms with van der Waals surface area (Å²) in [7, 11) is 0. The Hall–Kier alpha value is -1.86. The molecule has 2 heterocycles. The van der Waals surface area contributed by atoms with E-state index in [9.17, 15) is 0 Å². The van der Waals surface area contributed by atoms with Crippen molar-refractivity contribution in [3.8, 4) is 17.5 Å². The number of aromatic nitrogens is 2. The Morgan fingerprint density at radius 1 is 1.47 bits per heavy atom.